The maximum absolute atomic E-state index is 13.6. The van der Waals surface area contributed by atoms with Crippen molar-refractivity contribution < 1.29 is 27.1 Å². The fourth-order valence-electron chi connectivity index (χ4n) is 2.06. The molecular weight excluding hydrogens is 389 g/mol. The Hall–Kier alpha value is -3.29. The van der Waals surface area contributed by atoms with Crippen molar-refractivity contribution in [3.05, 3.63) is 59.9 Å². The van der Waals surface area contributed by atoms with Crippen LogP contribution in [0.25, 0.3) is 0 Å². The number of anilines is 1. The molecule has 146 valence electrons. The van der Waals surface area contributed by atoms with Crippen molar-refractivity contribution in [1.29, 1.82) is 5.26 Å². The molecule has 0 unspecified atom stereocenters. The Morgan fingerprint density at radius 1 is 1.18 bits per heavy atom. The van der Waals surface area contributed by atoms with Crippen LogP contribution < -0.4 is 10.0 Å². The van der Waals surface area contributed by atoms with E-state index in [-0.39, 0.29) is 0 Å². The van der Waals surface area contributed by atoms with E-state index in [2.05, 4.69) is 5.32 Å². The van der Waals surface area contributed by atoms with E-state index in [1.165, 1.54) is 43.3 Å². The Kier molecular flexibility index (Phi) is 6.81. The molecule has 0 saturated heterocycles. The molecule has 2 aromatic rings. The SMILES string of the molecule is C[C@@H](OC(=O)CNS(=O)(=O)c1ccccc1F)C(=O)Nc1ccc(C#N)cc1. The van der Waals surface area contributed by atoms with E-state index in [1.807, 2.05) is 10.8 Å². The normalized spacial score (nSPS) is 11.9. The predicted octanol–water partition coefficient (Wildman–Crippen LogP) is 1.55. The van der Waals surface area contributed by atoms with E-state index >= 15 is 0 Å². The summed E-state index contributed by atoms with van der Waals surface area (Å²) in [5.74, 6) is -2.61. The number of amides is 1. The van der Waals surface area contributed by atoms with Crippen LogP contribution in [-0.2, 0) is 24.3 Å². The molecule has 1 atom stereocenters. The van der Waals surface area contributed by atoms with Crippen LogP contribution in [0.15, 0.2) is 53.4 Å². The zero-order chi connectivity index (χ0) is 20.7. The highest BCUT2D eigenvalue weighted by Crippen LogP contribution is 2.13. The number of hydrogen-bond acceptors (Lipinski definition) is 6. The lowest BCUT2D eigenvalue weighted by molar-refractivity contribution is -0.151. The van der Waals surface area contributed by atoms with Gasteiger partial charge in [0.1, 0.15) is 17.3 Å². The van der Waals surface area contributed by atoms with Crippen LogP contribution >= 0.6 is 0 Å². The Morgan fingerprint density at radius 3 is 2.43 bits per heavy atom. The number of nitrogens with zero attached hydrogens (tertiary/aromatic N) is 1. The topological polar surface area (TPSA) is 125 Å². The lowest BCUT2D eigenvalue weighted by Crippen LogP contribution is -2.36. The summed E-state index contributed by atoms with van der Waals surface area (Å²) in [7, 11) is -4.25. The zero-order valence-electron chi connectivity index (χ0n) is 14.7. The van der Waals surface area contributed by atoms with Crippen molar-refractivity contribution in [3.63, 3.8) is 0 Å². The van der Waals surface area contributed by atoms with Gasteiger partial charge in [0.2, 0.25) is 10.0 Å². The Labute approximate surface area is 161 Å². The summed E-state index contributed by atoms with van der Waals surface area (Å²) in [6, 6.07) is 12.7. The Balaban J connectivity index is 1.88. The van der Waals surface area contributed by atoms with Crippen LogP contribution in [0.3, 0.4) is 0 Å². The molecule has 8 nitrogen and oxygen atoms in total. The third kappa shape index (κ3) is 5.60. The molecule has 2 aromatic carbocycles. The average molecular weight is 405 g/mol. The molecule has 0 fully saturated rings. The molecule has 0 aromatic heterocycles. The number of nitriles is 1. The first kappa shape index (κ1) is 21.0. The molecule has 2 rings (SSSR count). The van der Waals surface area contributed by atoms with Crippen LogP contribution in [0.2, 0.25) is 0 Å². The lowest BCUT2D eigenvalue weighted by Gasteiger charge is -2.14. The summed E-state index contributed by atoms with van der Waals surface area (Å²) in [5, 5.41) is 11.2. The number of halogens is 1. The molecule has 0 aliphatic rings. The minimum absolute atomic E-state index is 0.396. The van der Waals surface area contributed by atoms with Crippen LogP contribution in [0.5, 0.6) is 0 Å². The number of sulfonamides is 1. The van der Waals surface area contributed by atoms with Gasteiger partial charge in [0, 0.05) is 5.69 Å². The van der Waals surface area contributed by atoms with E-state index in [0.717, 1.165) is 12.1 Å². The van der Waals surface area contributed by atoms with Crippen molar-refractivity contribution in [1.82, 2.24) is 4.72 Å². The highest BCUT2D eigenvalue weighted by molar-refractivity contribution is 7.89. The van der Waals surface area contributed by atoms with Gasteiger partial charge in [0.15, 0.2) is 6.10 Å². The first-order valence-electron chi connectivity index (χ1n) is 7.97. The first-order chi connectivity index (χ1) is 13.2. The highest BCUT2D eigenvalue weighted by Gasteiger charge is 2.22. The van der Waals surface area contributed by atoms with Gasteiger partial charge in [-0.25, -0.2) is 12.8 Å². The number of hydrogen-bond donors (Lipinski definition) is 2. The quantitative estimate of drug-likeness (QED) is 0.673. The predicted molar refractivity (Wildman–Crippen MR) is 96.9 cm³/mol. The lowest BCUT2D eigenvalue weighted by atomic mass is 10.2. The molecule has 28 heavy (non-hydrogen) atoms. The Morgan fingerprint density at radius 2 is 1.82 bits per heavy atom. The monoisotopic (exact) mass is 405 g/mol. The van der Waals surface area contributed by atoms with Crippen molar-refractivity contribution in [3.8, 4) is 6.07 Å². The number of ether oxygens (including phenoxy) is 1. The fourth-order valence-corrected chi connectivity index (χ4v) is 3.10. The number of carbonyl (C=O) groups is 2. The van der Waals surface area contributed by atoms with Crippen molar-refractivity contribution in [2.45, 2.75) is 17.9 Å². The molecule has 0 aliphatic carbocycles. The van der Waals surface area contributed by atoms with Crippen LogP contribution in [0.4, 0.5) is 10.1 Å². The summed E-state index contributed by atoms with van der Waals surface area (Å²) >= 11 is 0. The van der Waals surface area contributed by atoms with Gasteiger partial charge in [0.05, 0.1) is 11.6 Å². The van der Waals surface area contributed by atoms with Gasteiger partial charge >= 0.3 is 5.97 Å². The molecule has 1 amide bonds. The van der Waals surface area contributed by atoms with E-state index in [0.29, 0.717) is 11.3 Å². The molecule has 0 spiro atoms. The van der Waals surface area contributed by atoms with Crippen molar-refractivity contribution in [2.24, 2.45) is 0 Å². The fraction of sp³-hybridized carbons (Fsp3) is 0.167. The summed E-state index contributed by atoms with van der Waals surface area (Å²) in [6.07, 6.45) is -1.21. The number of benzene rings is 2. The standard InChI is InChI=1S/C18H16FN3O5S/c1-12(18(24)22-14-8-6-13(10-20)7-9-14)27-17(23)11-21-28(25,26)16-5-3-2-4-15(16)19/h2-9,12,21H,11H2,1H3,(H,22,24)/t12-/m1/s1. The molecule has 0 heterocycles. The molecule has 0 saturated carbocycles. The van der Waals surface area contributed by atoms with Gasteiger partial charge < -0.3 is 10.1 Å². The van der Waals surface area contributed by atoms with E-state index < -0.39 is 45.3 Å². The van der Waals surface area contributed by atoms with Crippen LogP contribution in [0.1, 0.15) is 12.5 Å². The van der Waals surface area contributed by atoms with Gasteiger partial charge in [-0.15, -0.1) is 0 Å². The maximum atomic E-state index is 13.6. The zero-order valence-corrected chi connectivity index (χ0v) is 15.5. The third-order valence-corrected chi connectivity index (χ3v) is 4.93. The molecule has 2 N–H and O–H groups in total. The minimum Gasteiger partial charge on any atom is -0.452 e. The summed E-state index contributed by atoms with van der Waals surface area (Å²) in [5.41, 5.74) is 0.812. The second-order valence-electron chi connectivity index (χ2n) is 5.57. The average Bonchev–Trinajstić information content (AvgIpc) is 2.67. The third-order valence-electron chi connectivity index (χ3n) is 3.49. The number of rotatable bonds is 7. The number of esters is 1. The second kappa shape index (κ2) is 9.07. The smallest absolute Gasteiger partial charge is 0.321 e. The highest BCUT2D eigenvalue weighted by atomic mass is 32.2. The molecule has 0 bridgehead atoms. The Bertz CT molecular complexity index is 1020. The van der Waals surface area contributed by atoms with Gasteiger partial charge in [0.25, 0.3) is 5.91 Å². The van der Waals surface area contributed by atoms with Gasteiger partial charge in [-0.05, 0) is 43.3 Å². The van der Waals surface area contributed by atoms with Crippen molar-refractivity contribution >= 4 is 27.6 Å². The van der Waals surface area contributed by atoms with Crippen molar-refractivity contribution in [2.75, 3.05) is 11.9 Å². The molecule has 0 radical (unpaired) electrons. The van der Waals surface area contributed by atoms with Crippen LogP contribution in [-0.4, -0.2) is 32.9 Å². The molecular formula is C18H16FN3O5S. The van der Waals surface area contributed by atoms with Gasteiger partial charge in [-0.1, -0.05) is 12.1 Å². The molecule has 0 aliphatic heterocycles. The second-order valence-corrected chi connectivity index (χ2v) is 7.30. The first-order valence-corrected chi connectivity index (χ1v) is 9.46. The van der Waals surface area contributed by atoms with E-state index in [4.69, 9.17) is 10.00 Å². The van der Waals surface area contributed by atoms with Crippen LogP contribution in [0, 0.1) is 17.1 Å². The summed E-state index contributed by atoms with van der Waals surface area (Å²) in [6.45, 7) is 0.535. The van der Waals surface area contributed by atoms with Gasteiger partial charge in [-0.2, -0.15) is 9.98 Å². The number of carbonyl (C=O) groups excluding carboxylic acids is 2. The summed E-state index contributed by atoms with van der Waals surface area (Å²) in [4.78, 5) is 23.2. The molecule has 10 heteroatoms. The summed E-state index contributed by atoms with van der Waals surface area (Å²) < 4.78 is 44.4. The largest absolute Gasteiger partial charge is 0.452 e. The van der Waals surface area contributed by atoms with E-state index in [1.54, 1.807) is 0 Å². The van der Waals surface area contributed by atoms with Gasteiger partial charge in [-0.3, -0.25) is 9.59 Å². The maximum Gasteiger partial charge on any atom is 0.321 e. The van der Waals surface area contributed by atoms with E-state index in [9.17, 15) is 22.4 Å². The minimum atomic E-state index is -4.25. The number of nitrogens with one attached hydrogen (secondary N) is 2.